The molecule has 0 heterocycles. The molecule has 0 bridgehead atoms. The summed E-state index contributed by atoms with van der Waals surface area (Å²) in [6.07, 6.45) is 1.91. The maximum absolute atomic E-state index is 13.1. The first kappa shape index (κ1) is 12.1. The van der Waals surface area contributed by atoms with E-state index in [1.807, 2.05) is 0 Å². The van der Waals surface area contributed by atoms with Gasteiger partial charge in [0.2, 0.25) is 5.91 Å². The SMILES string of the molecule is O=C(O)C1CC1C(=O)NC1CCc2cc(F)ccc21. The second kappa shape index (κ2) is 4.33. The van der Waals surface area contributed by atoms with Gasteiger partial charge in [-0.05, 0) is 42.5 Å². The summed E-state index contributed by atoms with van der Waals surface area (Å²) in [6.45, 7) is 0. The molecule has 1 fully saturated rings. The molecule has 3 rings (SSSR count). The largest absolute Gasteiger partial charge is 0.481 e. The Morgan fingerprint density at radius 3 is 2.79 bits per heavy atom. The van der Waals surface area contributed by atoms with E-state index in [1.54, 1.807) is 6.07 Å². The number of benzene rings is 1. The molecule has 2 N–H and O–H groups in total. The van der Waals surface area contributed by atoms with Crippen LogP contribution >= 0.6 is 0 Å². The van der Waals surface area contributed by atoms with Crippen molar-refractivity contribution in [2.75, 3.05) is 0 Å². The summed E-state index contributed by atoms with van der Waals surface area (Å²) in [6, 6.07) is 4.47. The van der Waals surface area contributed by atoms with Crippen LogP contribution in [0.15, 0.2) is 18.2 Å². The van der Waals surface area contributed by atoms with Gasteiger partial charge in [0.05, 0.1) is 17.9 Å². The normalized spacial score (nSPS) is 27.7. The predicted molar refractivity (Wildman–Crippen MR) is 64.8 cm³/mol. The Morgan fingerprint density at radius 1 is 1.32 bits per heavy atom. The van der Waals surface area contributed by atoms with Gasteiger partial charge < -0.3 is 10.4 Å². The zero-order valence-electron chi connectivity index (χ0n) is 10.2. The maximum Gasteiger partial charge on any atom is 0.307 e. The van der Waals surface area contributed by atoms with Crippen LogP contribution in [0.4, 0.5) is 4.39 Å². The van der Waals surface area contributed by atoms with Crippen molar-refractivity contribution in [1.29, 1.82) is 0 Å². The fraction of sp³-hybridized carbons (Fsp3) is 0.429. The fourth-order valence-electron chi connectivity index (χ4n) is 2.77. The number of carboxylic acid groups (broad SMARTS) is 1. The molecule has 0 aliphatic heterocycles. The first-order chi connectivity index (χ1) is 9.06. The molecule has 0 aromatic heterocycles. The minimum Gasteiger partial charge on any atom is -0.481 e. The second-order valence-corrected chi connectivity index (χ2v) is 5.23. The Hall–Kier alpha value is -1.91. The molecule has 5 heteroatoms. The topological polar surface area (TPSA) is 66.4 Å². The molecule has 2 aliphatic carbocycles. The molecule has 0 spiro atoms. The standard InChI is InChI=1S/C14H14FNO3/c15-8-2-3-9-7(5-8)1-4-12(9)16-13(17)10-6-11(10)14(18)19/h2-3,5,10-12H,1,4,6H2,(H,16,17)(H,18,19). The van der Waals surface area contributed by atoms with E-state index >= 15 is 0 Å². The van der Waals surface area contributed by atoms with Crippen LogP contribution in [0.3, 0.4) is 0 Å². The average molecular weight is 263 g/mol. The summed E-state index contributed by atoms with van der Waals surface area (Å²) in [5, 5.41) is 11.7. The lowest BCUT2D eigenvalue weighted by molar-refractivity contribution is -0.140. The van der Waals surface area contributed by atoms with Crippen LogP contribution in [-0.2, 0) is 16.0 Å². The van der Waals surface area contributed by atoms with Crippen molar-refractivity contribution in [3.8, 4) is 0 Å². The lowest BCUT2D eigenvalue weighted by atomic mass is 10.1. The summed E-state index contributed by atoms with van der Waals surface area (Å²) < 4.78 is 13.1. The number of hydrogen-bond acceptors (Lipinski definition) is 2. The number of carboxylic acids is 1. The van der Waals surface area contributed by atoms with Crippen LogP contribution < -0.4 is 5.32 Å². The average Bonchev–Trinajstić information content (AvgIpc) is 3.08. The molecule has 4 nitrogen and oxygen atoms in total. The van der Waals surface area contributed by atoms with Crippen LogP contribution in [0.2, 0.25) is 0 Å². The predicted octanol–water partition coefficient (Wildman–Crippen LogP) is 1.65. The number of fused-ring (bicyclic) bond motifs is 1. The Morgan fingerprint density at radius 2 is 2.11 bits per heavy atom. The Bertz CT molecular complexity index is 558. The summed E-state index contributed by atoms with van der Waals surface area (Å²) >= 11 is 0. The number of carbonyl (C=O) groups excluding carboxylic acids is 1. The highest BCUT2D eigenvalue weighted by Crippen LogP contribution is 2.40. The molecule has 1 saturated carbocycles. The van der Waals surface area contributed by atoms with Gasteiger partial charge >= 0.3 is 5.97 Å². The van der Waals surface area contributed by atoms with E-state index in [2.05, 4.69) is 5.32 Å². The van der Waals surface area contributed by atoms with E-state index in [0.29, 0.717) is 6.42 Å². The van der Waals surface area contributed by atoms with Crippen LogP contribution in [0.1, 0.15) is 30.0 Å². The summed E-state index contributed by atoms with van der Waals surface area (Å²) in [4.78, 5) is 22.6. The van der Waals surface area contributed by atoms with Crippen LogP contribution in [-0.4, -0.2) is 17.0 Å². The summed E-state index contributed by atoms with van der Waals surface area (Å²) in [5.41, 5.74) is 1.87. The van der Waals surface area contributed by atoms with Crippen molar-refractivity contribution >= 4 is 11.9 Å². The Balaban J connectivity index is 1.67. The number of aryl methyl sites for hydroxylation is 1. The molecular weight excluding hydrogens is 249 g/mol. The number of rotatable bonds is 3. The molecule has 100 valence electrons. The van der Waals surface area contributed by atoms with Crippen LogP contribution in [0, 0.1) is 17.7 Å². The lowest BCUT2D eigenvalue weighted by Crippen LogP contribution is -2.29. The van der Waals surface area contributed by atoms with Gasteiger partial charge in [-0.2, -0.15) is 0 Å². The minimum atomic E-state index is -0.908. The Labute approximate surface area is 109 Å². The van der Waals surface area contributed by atoms with E-state index in [9.17, 15) is 14.0 Å². The molecule has 19 heavy (non-hydrogen) atoms. The Kier molecular flexibility index (Phi) is 2.77. The third-order valence-electron chi connectivity index (χ3n) is 3.94. The van der Waals surface area contributed by atoms with Gasteiger partial charge in [-0.15, -0.1) is 0 Å². The van der Waals surface area contributed by atoms with Gasteiger partial charge in [-0.25, -0.2) is 4.39 Å². The highest BCUT2D eigenvalue weighted by atomic mass is 19.1. The van der Waals surface area contributed by atoms with Crippen molar-refractivity contribution in [2.24, 2.45) is 11.8 Å². The van der Waals surface area contributed by atoms with Gasteiger partial charge in [0.15, 0.2) is 0 Å². The summed E-state index contributed by atoms with van der Waals surface area (Å²) in [5.74, 6) is -2.31. The number of amides is 1. The molecule has 0 radical (unpaired) electrons. The van der Waals surface area contributed by atoms with Gasteiger partial charge in [0.25, 0.3) is 0 Å². The third kappa shape index (κ3) is 2.20. The van der Waals surface area contributed by atoms with Crippen LogP contribution in [0.5, 0.6) is 0 Å². The first-order valence-corrected chi connectivity index (χ1v) is 6.38. The second-order valence-electron chi connectivity index (χ2n) is 5.23. The number of halogens is 1. The van der Waals surface area contributed by atoms with E-state index in [4.69, 9.17) is 5.11 Å². The van der Waals surface area contributed by atoms with Gasteiger partial charge in [-0.1, -0.05) is 6.07 Å². The van der Waals surface area contributed by atoms with E-state index in [1.165, 1.54) is 12.1 Å². The molecule has 1 aromatic rings. The zero-order chi connectivity index (χ0) is 13.6. The van der Waals surface area contributed by atoms with Gasteiger partial charge in [0, 0.05) is 0 Å². The molecule has 0 saturated heterocycles. The monoisotopic (exact) mass is 263 g/mol. The van der Waals surface area contributed by atoms with Crippen molar-refractivity contribution in [3.63, 3.8) is 0 Å². The molecule has 3 atom stereocenters. The molecule has 2 aliphatic rings. The highest BCUT2D eigenvalue weighted by Gasteiger charge is 2.48. The third-order valence-corrected chi connectivity index (χ3v) is 3.94. The molecule has 3 unspecified atom stereocenters. The van der Waals surface area contributed by atoms with Crippen LogP contribution in [0.25, 0.3) is 0 Å². The summed E-state index contributed by atoms with van der Waals surface area (Å²) in [7, 11) is 0. The number of carbonyl (C=O) groups is 2. The molecular formula is C14H14FNO3. The number of hydrogen-bond donors (Lipinski definition) is 2. The quantitative estimate of drug-likeness (QED) is 0.871. The van der Waals surface area contributed by atoms with E-state index in [0.717, 1.165) is 24.0 Å². The first-order valence-electron chi connectivity index (χ1n) is 6.38. The molecule has 1 amide bonds. The number of nitrogens with one attached hydrogen (secondary N) is 1. The lowest BCUT2D eigenvalue weighted by Gasteiger charge is -2.14. The van der Waals surface area contributed by atoms with E-state index in [-0.39, 0.29) is 17.8 Å². The van der Waals surface area contributed by atoms with E-state index < -0.39 is 17.8 Å². The minimum absolute atomic E-state index is 0.113. The highest BCUT2D eigenvalue weighted by molar-refractivity contribution is 5.89. The van der Waals surface area contributed by atoms with Crippen molar-refractivity contribution in [1.82, 2.24) is 5.32 Å². The van der Waals surface area contributed by atoms with Crippen molar-refractivity contribution < 1.29 is 19.1 Å². The molecule has 1 aromatic carbocycles. The van der Waals surface area contributed by atoms with Crippen molar-refractivity contribution in [3.05, 3.63) is 35.1 Å². The maximum atomic E-state index is 13.1. The number of aliphatic carboxylic acids is 1. The van der Waals surface area contributed by atoms with Gasteiger partial charge in [-0.3, -0.25) is 9.59 Å². The zero-order valence-corrected chi connectivity index (χ0v) is 10.2. The fourth-order valence-corrected chi connectivity index (χ4v) is 2.77. The smallest absolute Gasteiger partial charge is 0.307 e. The van der Waals surface area contributed by atoms with Crippen molar-refractivity contribution in [2.45, 2.75) is 25.3 Å². The van der Waals surface area contributed by atoms with Gasteiger partial charge in [0.1, 0.15) is 5.82 Å².